The lowest BCUT2D eigenvalue weighted by Crippen LogP contribution is -2.38. The Bertz CT molecular complexity index is 802. The van der Waals surface area contributed by atoms with E-state index in [0.29, 0.717) is 24.3 Å². The van der Waals surface area contributed by atoms with E-state index in [-0.39, 0.29) is 30.1 Å². The fourth-order valence-electron chi connectivity index (χ4n) is 2.71. The summed E-state index contributed by atoms with van der Waals surface area (Å²) >= 11 is 0. The first-order valence-electron chi connectivity index (χ1n) is 9.20. The topological polar surface area (TPSA) is 116 Å². The zero-order chi connectivity index (χ0) is 20.6. The van der Waals surface area contributed by atoms with Crippen LogP contribution in [0.4, 0.5) is 0 Å². The van der Waals surface area contributed by atoms with Crippen LogP contribution in [0.2, 0.25) is 0 Å². The SMILES string of the molecule is CCCOc1ccc(C(=O)CCC(=O)OCC(=O)N[C@H]2CCS(=O)(=O)C2)cc1. The number of ketones is 1. The largest absolute Gasteiger partial charge is 0.494 e. The molecule has 2 rings (SSSR count). The molecule has 0 aliphatic carbocycles. The molecule has 0 saturated carbocycles. The van der Waals surface area contributed by atoms with Gasteiger partial charge in [-0.3, -0.25) is 14.4 Å². The van der Waals surface area contributed by atoms with Crippen LogP contribution in [0.5, 0.6) is 5.75 Å². The zero-order valence-corrected chi connectivity index (χ0v) is 16.6. The third kappa shape index (κ3) is 7.30. The third-order valence-electron chi connectivity index (χ3n) is 4.17. The number of nitrogens with one attached hydrogen (secondary N) is 1. The molecule has 0 radical (unpaired) electrons. The second kappa shape index (κ2) is 10.2. The Morgan fingerprint density at radius 3 is 2.46 bits per heavy atom. The summed E-state index contributed by atoms with van der Waals surface area (Å²) in [5.41, 5.74) is 0.469. The van der Waals surface area contributed by atoms with Crippen LogP contribution < -0.4 is 10.1 Å². The molecule has 1 N–H and O–H groups in total. The molecule has 1 saturated heterocycles. The van der Waals surface area contributed by atoms with E-state index in [9.17, 15) is 22.8 Å². The van der Waals surface area contributed by atoms with Crippen LogP contribution >= 0.6 is 0 Å². The number of carbonyl (C=O) groups is 3. The smallest absolute Gasteiger partial charge is 0.306 e. The summed E-state index contributed by atoms with van der Waals surface area (Å²) in [5, 5.41) is 2.53. The molecule has 1 atom stereocenters. The number of carbonyl (C=O) groups excluding carboxylic acids is 3. The molecular weight excluding hydrogens is 386 g/mol. The van der Waals surface area contributed by atoms with E-state index in [1.54, 1.807) is 24.3 Å². The van der Waals surface area contributed by atoms with Gasteiger partial charge in [-0.2, -0.15) is 0 Å². The van der Waals surface area contributed by atoms with E-state index >= 15 is 0 Å². The quantitative estimate of drug-likeness (QED) is 0.455. The maximum atomic E-state index is 12.1. The Morgan fingerprint density at radius 1 is 1.14 bits per heavy atom. The molecule has 0 aromatic heterocycles. The van der Waals surface area contributed by atoms with Crippen molar-refractivity contribution < 1.29 is 32.3 Å². The summed E-state index contributed by atoms with van der Waals surface area (Å²) in [6.45, 7) is 2.11. The lowest BCUT2D eigenvalue weighted by Gasteiger charge is -2.11. The van der Waals surface area contributed by atoms with E-state index < -0.39 is 34.4 Å². The molecule has 0 bridgehead atoms. The third-order valence-corrected chi connectivity index (χ3v) is 5.94. The molecule has 1 aromatic carbocycles. The molecule has 0 unspecified atom stereocenters. The van der Waals surface area contributed by atoms with Crippen LogP contribution in [0.25, 0.3) is 0 Å². The molecule has 28 heavy (non-hydrogen) atoms. The Balaban J connectivity index is 1.67. The number of sulfone groups is 1. The van der Waals surface area contributed by atoms with Crippen LogP contribution in [0.3, 0.4) is 0 Å². The highest BCUT2D eigenvalue weighted by Crippen LogP contribution is 2.14. The van der Waals surface area contributed by atoms with Gasteiger partial charge in [0.25, 0.3) is 5.91 Å². The molecule has 1 aromatic rings. The van der Waals surface area contributed by atoms with Crippen LogP contribution in [0.15, 0.2) is 24.3 Å². The Kier molecular flexibility index (Phi) is 7.98. The van der Waals surface area contributed by atoms with Gasteiger partial charge in [0, 0.05) is 18.0 Å². The lowest BCUT2D eigenvalue weighted by molar-refractivity contribution is -0.148. The van der Waals surface area contributed by atoms with Gasteiger partial charge in [0.05, 0.1) is 24.5 Å². The number of amides is 1. The van der Waals surface area contributed by atoms with Gasteiger partial charge in [0.1, 0.15) is 5.75 Å². The maximum Gasteiger partial charge on any atom is 0.306 e. The predicted molar refractivity (Wildman–Crippen MR) is 102 cm³/mol. The van der Waals surface area contributed by atoms with Gasteiger partial charge < -0.3 is 14.8 Å². The summed E-state index contributed by atoms with van der Waals surface area (Å²) < 4.78 is 33.0. The van der Waals surface area contributed by atoms with E-state index in [1.807, 2.05) is 6.92 Å². The molecule has 1 aliphatic rings. The minimum atomic E-state index is -3.09. The van der Waals surface area contributed by atoms with E-state index in [1.165, 1.54) is 0 Å². The first-order chi connectivity index (χ1) is 13.3. The number of hydrogen-bond acceptors (Lipinski definition) is 7. The zero-order valence-electron chi connectivity index (χ0n) is 15.8. The second-order valence-corrected chi connectivity index (χ2v) is 8.85. The molecule has 154 valence electrons. The van der Waals surface area contributed by atoms with Crippen molar-refractivity contribution in [3.8, 4) is 5.75 Å². The second-order valence-electron chi connectivity index (χ2n) is 6.62. The fraction of sp³-hybridized carbons (Fsp3) is 0.526. The van der Waals surface area contributed by atoms with Crippen molar-refractivity contribution in [2.45, 2.75) is 38.6 Å². The van der Waals surface area contributed by atoms with Gasteiger partial charge in [-0.05, 0) is 37.1 Å². The summed E-state index contributed by atoms with van der Waals surface area (Å²) in [5.74, 6) is -0.789. The molecule has 1 aliphatic heterocycles. The first-order valence-corrected chi connectivity index (χ1v) is 11.0. The van der Waals surface area contributed by atoms with Crippen LogP contribution in [-0.2, 0) is 24.2 Å². The average molecular weight is 411 g/mol. The predicted octanol–water partition coefficient (Wildman–Crippen LogP) is 1.28. The summed E-state index contributed by atoms with van der Waals surface area (Å²) in [7, 11) is -3.09. The van der Waals surface area contributed by atoms with E-state index in [0.717, 1.165) is 6.42 Å². The lowest BCUT2D eigenvalue weighted by atomic mass is 10.1. The molecule has 1 amide bonds. The maximum absolute atomic E-state index is 12.1. The fourth-order valence-corrected chi connectivity index (χ4v) is 4.39. The average Bonchev–Trinajstić information content (AvgIpc) is 3.01. The highest BCUT2D eigenvalue weighted by atomic mass is 32.2. The van der Waals surface area contributed by atoms with Crippen LogP contribution in [0.1, 0.15) is 43.0 Å². The molecule has 8 nitrogen and oxygen atoms in total. The monoisotopic (exact) mass is 411 g/mol. The number of hydrogen-bond donors (Lipinski definition) is 1. The summed E-state index contributed by atoms with van der Waals surface area (Å²) in [6, 6.07) is 6.25. The van der Waals surface area contributed by atoms with Crippen LogP contribution in [-0.4, -0.2) is 56.8 Å². The van der Waals surface area contributed by atoms with Crippen LogP contribution in [0, 0.1) is 0 Å². The first kappa shape index (κ1) is 21.9. The van der Waals surface area contributed by atoms with Crippen molar-refractivity contribution in [2.24, 2.45) is 0 Å². The van der Waals surface area contributed by atoms with Gasteiger partial charge in [-0.15, -0.1) is 0 Å². The standard InChI is InChI=1S/C19H25NO7S/c1-2-10-26-16-5-3-14(4-6-16)17(21)7-8-19(23)27-12-18(22)20-15-9-11-28(24,25)13-15/h3-6,15H,2,7-13H2,1H3,(H,20,22)/t15-/m0/s1. The number of ether oxygens (including phenoxy) is 2. The normalized spacial score (nSPS) is 17.7. The molecular formula is C19H25NO7S. The number of esters is 1. The van der Waals surface area contributed by atoms with Gasteiger partial charge in [0.2, 0.25) is 0 Å². The summed E-state index contributed by atoms with van der Waals surface area (Å²) in [4.78, 5) is 35.6. The summed E-state index contributed by atoms with van der Waals surface area (Å²) in [6.07, 6.45) is 1.08. The van der Waals surface area contributed by atoms with Gasteiger partial charge in [0.15, 0.2) is 22.2 Å². The number of Topliss-reactive ketones (excluding diaryl/α,β-unsaturated/α-hetero) is 1. The highest BCUT2D eigenvalue weighted by Gasteiger charge is 2.29. The Labute approximate surface area is 164 Å². The molecule has 9 heteroatoms. The molecule has 1 heterocycles. The van der Waals surface area contributed by atoms with Gasteiger partial charge in [-0.1, -0.05) is 6.92 Å². The number of benzene rings is 1. The highest BCUT2D eigenvalue weighted by molar-refractivity contribution is 7.91. The Hall–Kier alpha value is -2.42. The minimum absolute atomic E-state index is 0.0313. The van der Waals surface area contributed by atoms with Gasteiger partial charge in [-0.25, -0.2) is 8.42 Å². The molecule has 1 fully saturated rings. The van der Waals surface area contributed by atoms with E-state index in [4.69, 9.17) is 9.47 Å². The van der Waals surface area contributed by atoms with Crippen molar-refractivity contribution in [3.05, 3.63) is 29.8 Å². The van der Waals surface area contributed by atoms with Crippen molar-refractivity contribution >= 4 is 27.5 Å². The van der Waals surface area contributed by atoms with Gasteiger partial charge >= 0.3 is 5.97 Å². The van der Waals surface area contributed by atoms with Crippen molar-refractivity contribution in [1.29, 1.82) is 0 Å². The van der Waals surface area contributed by atoms with Crippen molar-refractivity contribution in [1.82, 2.24) is 5.32 Å². The number of rotatable bonds is 10. The minimum Gasteiger partial charge on any atom is -0.494 e. The van der Waals surface area contributed by atoms with Crippen molar-refractivity contribution in [3.63, 3.8) is 0 Å². The molecule has 0 spiro atoms. The Morgan fingerprint density at radius 2 is 1.86 bits per heavy atom. The van der Waals surface area contributed by atoms with E-state index in [2.05, 4.69) is 5.32 Å². The van der Waals surface area contributed by atoms with Crippen molar-refractivity contribution in [2.75, 3.05) is 24.7 Å².